The Labute approximate surface area is 101 Å². The van der Waals surface area contributed by atoms with Crippen LogP contribution in [0.25, 0.3) is 0 Å². The third-order valence-electron chi connectivity index (χ3n) is 4.91. The summed E-state index contributed by atoms with van der Waals surface area (Å²) in [6.07, 6.45) is 0.334. The van der Waals surface area contributed by atoms with E-state index in [-0.39, 0.29) is 6.61 Å². The van der Waals surface area contributed by atoms with Gasteiger partial charge in [-0.1, -0.05) is 13.8 Å². The minimum Gasteiger partial charge on any atom is -0.547 e. The Bertz CT molecular complexity index is 336. The van der Waals surface area contributed by atoms with Gasteiger partial charge in [-0.2, -0.15) is 0 Å². The fourth-order valence-corrected chi connectivity index (χ4v) is 2.61. The summed E-state index contributed by atoms with van der Waals surface area (Å²) >= 11 is 0. The molecule has 0 aliphatic carbocycles. The van der Waals surface area contributed by atoms with Crippen molar-refractivity contribution in [3.8, 4) is 0 Å². The van der Waals surface area contributed by atoms with Gasteiger partial charge in [0, 0.05) is 5.41 Å². The molecule has 5 heteroatoms. The monoisotopic (exact) mass is 245 g/mol. The van der Waals surface area contributed by atoms with Gasteiger partial charge in [-0.3, -0.25) is 0 Å². The van der Waals surface area contributed by atoms with E-state index in [1.807, 2.05) is 0 Å². The standard InChI is InChI=1S/C12H22O5/c1-6-9(2)11(4,8(13)14)17-7-10(3,15)12(9,5)16/h15-16H,6-7H2,1-5H3,(H,13,14)/p-1/t9-,10?,11?,12-/m1/s1. The van der Waals surface area contributed by atoms with E-state index in [9.17, 15) is 20.1 Å². The van der Waals surface area contributed by atoms with Crippen molar-refractivity contribution in [1.82, 2.24) is 0 Å². The van der Waals surface area contributed by atoms with E-state index in [4.69, 9.17) is 4.74 Å². The van der Waals surface area contributed by atoms with Crippen LogP contribution in [-0.2, 0) is 9.53 Å². The third kappa shape index (κ3) is 1.53. The quantitative estimate of drug-likeness (QED) is 0.681. The van der Waals surface area contributed by atoms with E-state index in [0.29, 0.717) is 6.42 Å². The van der Waals surface area contributed by atoms with Gasteiger partial charge >= 0.3 is 0 Å². The highest BCUT2D eigenvalue weighted by Crippen LogP contribution is 2.54. The molecule has 2 N–H and O–H groups in total. The molecular formula is C12H21O5-. The van der Waals surface area contributed by atoms with Gasteiger partial charge in [0.15, 0.2) is 0 Å². The SMILES string of the molecule is CC[C@]1(C)C(C)(C(=O)[O-])OCC(C)(O)[C@]1(C)O. The Hall–Kier alpha value is -0.650. The van der Waals surface area contributed by atoms with Crippen molar-refractivity contribution in [2.75, 3.05) is 6.61 Å². The number of carbonyl (C=O) groups excluding carboxylic acids is 1. The lowest BCUT2D eigenvalue weighted by molar-refractivity contribution is -0.370. The molecule has 0 radical (unpaired) electrons. The Morgan fingerprint density at radius 3 is 2.12 bits per heavy atom. The summed E-state index contributed by atoms with van der Waals surface area (Å²) in [6.45, 7) is 7.36. The zero-order chi connectivity index (χ0) is 13.7. The summed E-state index contributed by atoms with van der Waals surface area (Å²) in [4.78, 5) is 11.3. The van der Waals surface area contributed by atoms with Crippen molar-refractivity contribution in [3.63, 3.8) is 0 Å². The number of hydrogen-bond donors (Lipinski definition) is 2. The molecule has 1 fully saturated rings. The highest BCUT2D eigenvalue weighted by atomic mass is 16.5. The van der Waals surface area contributed by atoms with E-state index in [0.717, 1.165) is 0 Å². The molecular weight excluding hydrogens is 224 g/mol. The number of ether oxygens (including phenoxy) is 1. The molecule has 0 aromatic heterocycles. The largest absolute Gasteiger partial charge is 0.547 e. The van der Waals surface area contributed by atoms with Gasteiger partial charge in [0.2, 0.25) is 0 Å². The molecule has 0 amide bonds. The predicted molar refractivity (Wildman–Crippen MR) is 59.0 cm³/mol. The van der Waals surface area contributed by atoms with Crippen molar-refractivity contribution in [2.45, 2.75) is 57.8 Å². The van der Waals surface area contributed by atoms with Gasteiger partial charge < -0.3 is 24.9 Å². The highest BCUT2D eigenvalue weighted by molar-refractivity contribution is 5.77. The first kappa shape index (κ1) is 14.4. The van der Waals surface area contributed by atoms with E-state index < -0.39 is 28.2 Å². The van der Waals surface area contributed by atoms with E-state index in [1.165, 1.54) is 20.8 Å². The van der Waals surface area contributed by atoms with Crippen molar-refractivity contribution >= 4 is 5.97 Å². The first-order valence-electron chi connectivity index (χ1n) is 5.76. The van der Waals surface area contributed by atoms with Crippen LogP contribution in [0.15, 0.2) is 0 Å². The second-order valence-corrected chi connectivity index (χ2v) is 5.64. The van der Waals surface area contributed by atoms with Gasteiger partial charge in [0.1, 0.15) is 16.8 Å². The van der Waals surface area contributed by atoms with Crippen LogP contribution in [0.4, 0.5) is 0 Å². The molecule has 0 bridgehead atoms. The van der Waals surface area contributed by atoms with E-state index in [2.05, 4.69) is 0 Å². The summed E-state index contributed by atoms with van der Waals surface area (Å²) in [6, 6.07) is 0. The molecule has 0 aromatic rings. The Morgan fingerprint density at radius 2 is 1.76 bits per heavy atom. The topological polar surface area (TPSA) is 89.8 Å². The summed E-state index contributed by atoms with van der Waals surface area (Å²) in [5, 5.41) is 32.1. The van der Waals surface area contributed by atoms with Gasteiger partial charge in [-0.25, -0.2) is 0 Å². The molecule has 1 heterocycles. The molecule has 1 rings (SSSR count). The number of carboxylic acid groups (broad SMARTS) is 1. The molecule has 2 unspecified atom stereocenters. The lowest BCUT2D eigenvalue weighted by atomic mass is 9.55. The fraction of sp³-hybridized carbons (Fsp3) is 0.917. The van der Waals surface area contributed by atoms with Crippen LogP contribution in [0.1, 0.15) is 41.0 Å². The highest BCUT2D eigenvalue weighted by Gasteiger charge is 2.66. The van der Waals surface area contributed by atoms with Gasteiger partial charge in [-0.15, -0.1) is 0 Å². The van der Waals surface area contributed by atoms with Crippen LogP contribution in [0.5, 0.6) is 0 Å². The second-order valence-electron chi connectivity index (χ2n) is 5.64. The van der Waals surface area contributed by atoms with Crippen molar-refractivity contribution < 1.29 is 24.9 Å². The fourth-order valence-electron chi connectivity index (χ4n) is 2.61. The maximum absolute atomic E-state index is 11.3. The molecule has 1 aliphatic rings. The first-order valence-corrected chi connectivity index (χ1v) is 5.76. The lowest BCUT2D eigenvalue weighted by Crippen LogP contribution is -2.76. The summed E-state index contributed by atoms with van der Waals surface area (Å²) < 4.78 is 5.31. The van der Waals surface area contributed by atoms with Gasteiger partial charge in [0.05, 0.1) is 12.6 Å². The number of rotatable bonds is 2. The summed E-state index contributed by atoms with van der Waals surface area (Å²) in [5.41, 5.74) is -5.89. The minimum absolute atomic E-state index is 0.250. The molecule has 4 atom stereocenters. The summed E-state index contributed by atoms with van der Waals surface area (Å²) in [7, 11) is 0. The second kappa shape index (κ2) is 3.67. The van der Waals surface area contributed by atoms with Crippen LogP contribution in [-0.4, -0.2) is 39.6 Å². The smallest absolute Gasteiger partial charge is 0.114 e. The molecule has 100 valence electrons. The van der Waals surface area contributed by atoms with E-state index in [1.54, 1.807) is 13.8 Å². The number of aliphatic carboxylic acids is 1. The average molecular weight is 245 g/mol. The summed E-state index contributed by atoms with van der Waals surface area (Å²) in [5.74, 6) is -1.38. The lowest BCUT2D eigenvalue weighted by Gasteiger charge is -2.62. The molecule has 0 spiro atoms. The predicted octanol–water partition coefficient (Wildman–Crippen LogP) is -0.556. The van der Waals surface area contributed by atoms with Crippen molar-refractivity contribution in [1.29, 1.82) is 0 Å². The normalized spacial score (nSPS) is 51.2. The maximum Gasteiger partial charge on any atom is 0.114 e. The third-order valence-corrected chi connectivity index (χ3v) is 4.91. The molecule has 0 aromatic carbocycles. The Balaban J connectivity index is 3.41. The van der Waals surface area contributed by atoms with Crippen LogP contribution >= 0.6 is 0 Å². The number of hydrogen-bond acceptors (Lipinski definition) is 5. The van der Waals surface area contributed by atoms with Crippen LogP contribution in [0.3, 0.4) is 0 Å². The average Bonchev–Trinajstić information content (AvgIpc) is 2.22. The first-order chi connectivity index (χ1) is 7.46. The molecule has 1 saturated heterocycles. The number of aliphatic hydroxyl groups is 2. The zero-order valence-electron chi connectivity index (χ0n) is 11.0. The van der Waals surface area contributed by atoms with Crippen LogP contribution in [0.2, 0.25) is 0 Å². The number of carbonyl (C=O) groups is 1. The molecule has 17 heavy (non-hydrogen) atoms. The zero-order valence-corrected chi connectivity index (χ0v) is 11.0. The minimum atomic E-state index is -1.63. The van der Waals surface area contributed by atoms with Crippen molar-refractivity contribution in [2.24, 2.45) is 5.41 Å². The Morgan fingerprint density at radius 1 is 1.29 bits per heavy atom. The maximum atomic E-state index is 11.3. The van der Waals surface area contributed by atoms with Crippen LogP contribution in [0, 0.1) is 5.41 Å². The molecule has 0 saturated carbocycles. The number of carboxylic acids is 1. The Kier molecular flexibility index (Phi) is 3.11. The van der Waals surface area contributed by atoms with Crippen LogP contribution < -0.4 is 5.11 Å². The molecule has 1 aliphatic heterocycles. The molecule has 5 nitrogen and oxygen atoms in total. The van der Waals surface area contributed by atoms with Gasteiger partial charge in [0.25, 0.3) is 0 Å². The van der Waals surface area contributed by atoms with Crippen molar-refractivity contribution in [3.05, 3.63) is 0 Å². The van der Waals surface area contributed by atoms with E-state index >= 15 is 0 Å². The van der Waals surface area contributed by atoms with Gasteiger partial charge in [-0.05, 0) is 27.2 Å².